The van der Waals surface area contributed by atoms with E-state index in [9.17, 15) is 9.50 Å². The average molecular weight is 251 g/mol. The average Bonchev–Trinajstić information content (AvgIpc) is 3.11. The molecule has 0 aliphatic heterocycles. The van der Waals surface area contributed by atoms with E-state index in [1.54, 1.807) is 13.0 Å². The van der Waals surface area contributed by atoms with Gasteiger partial charge in [0.05, 0.1) is 6.10 Å². The Balaban J connectivity index is 2.29. The van der Waals surface area contributed by atoms with Crippen molar-refractivity contribution in [3.05, 3.63) is 29.6 Å². The Kier molecular flexibility index (Phi) is 4.23. The monoisotopic (exact) mass is 251 g/mol. The van der Waals surface area contributed by atoms with Gasteiger partial charge in [-0.25, -0.2) is 4.39 Å². The molecule has 3 heteroatoms. The standard InChI is InChI=1S/C15H22FNO/c1-3-9-17(10-12-7-8-12)14-6-4-5-13(16)15(14)11(2)18/h4-6,11-12,18H,3,7-10H2,1-2H3/t11-/m1/s1. The maximum atomic E-state index is 13.9. The number of nitrogens with zero attached hydrogens (tertiary/aromatic N) is 1. The Morgan fingerprint density at radius 1 is 1.44 bits per heavy atom. The molecular formula is C15H22FNO. The van der Waals surface area contributed by atoms with Gasteiger partial charge in [-0.15, -0.1) is 0 Å². The van der Waals surface area contributed by atoms with Gasteiger partial charge in [-0.2, -0.15) is 0 Å². The molecule has 1 aromatic rings. The van der Waals surface area contributed by atoms with Crippen molar-refractivity contribution in [3.8, 4) is 0 Å². The highest BCUT2D eigenvalue weighted by Crippen LogP contribution is 2.34. The van der Waals surface area contributed by atoms with Crippen molar-refractivity contribution < 1.29 is 9.50 Å². The molecule has 100 valence electrons. The number of halogens is 1. The van der Waals surface area contributed by atoms with Crippen molar-refractivity contribution >= 4 is 5.69 Å². The molecule has 0 spiro atoms. The molecular weight excluding hydrogens is 229 g/mol. The molecule has 0 heterocycles. The fraction of sp³-hybridized carbons (Fsp3) is 0.600. The van der Waals surface area contributed by atoms with Crippen LogP contribution >= 0.6 is 0 Å². The van der Waals surface area contributed by atoms with Gasteiger partial charge in [0.2, 0.25) is 0 Å². The Bertz CT molecular complexity index is 401. The van der Waals surface area contributed by atoms with E-state index in [0.717, 1.165) is 31.1 Å². The van der Waals surface area contributed by atoms with E-state index in [1.807, 2.05) is 6.07 Å². The third-order valence-corrected chi connectivity index (χ3v) is 3.46. The second-order valence-corrected chi connectivity index (χ2v) is 5.24. The number of aliphatic hydroxyl groups excluding tert-OH is 1. The molecule has 1 saturated carbocycles. The molecule has 1 N–H and O–H groups in total. The Morgan fingerprint density at radius 3 is 2.72 bits per heavy atom. The molecule has 18 heavy (non-hydrogen) atoms. The minimum absolute atomic E-state index is 0.306. The van der Waals surface area contributed by atoms with Crippen molar-refractivity contribution in [3.63, 3.8) is 0 Å². The van der Waals surface area contributed by atoms with E-state index in [0.29, 0.717) is 5.56 Å². The zero-order chi connectivity index (χ0) is 13.1. The van der Waals surface area contributed by atoms with Gasteiger partial charge < -0.3 is 10.0 Å². The van der Waals surface area contributed by atoms with E-state index >= 15 is 0 Å². The van der Waals surface area contributed by atoms with Gasteiger partial charge in [-0.1, -0.05) is 13.0 Å². The summed E-state index contributed by atoms with van der Waals surface area (Å²) < 4.78 is 13.9. The lowest BCUT2D eigenvalue weighted by Crippen LogP contribution is -2.28. The first-order valence-corrected chi connectivity index (χ1v) is 6.85. The highest BCUT2D eigenvalue weighted by atomic mass is 19.1. The second kappa shape index (κ2) is 5.70. The Hall–Kier alpha value is -1.09. The van der Waals surface area contributed by atoms with Crippen LogP contribution in [0.4, 0.5) is 10.1 Å². The first-order valence-electron chi connectivity index (χ1n) is 6.85. The topological polar surface area (TPSA) is 23.5 Å². The summed E-state index contributed by atoms with van der Waals surface area (Å²) in [5.74, 6) is 0.445. The van der Waals surface area contributed by atoms with Crippen LogP contribution in [0, 0.1) is 11.7 Å². The summed E-state index contributed by atoms with van der Waals surface area (Å²) in [7, 11) is 0. The van der Waals surface area contributed by atoms with Gasteiger partial charge in [0.25, 0.3) is 0 Å². The number of hydrogen-bond acceptors (Lipinski definition) is 2. The summed E-state index contributed by atoms with van der Waals surface area (Å²) in [6.45, 7) is 5.65. The molecule has 0 aromatic heterocycles. The van der Waals surface area contributed by atoms with E-state index in [2.05, 4.69) is 11.8 Å². The predicted octanol–water partition coefficient (Wildman–Crippen LogP) is 3.51. The normalized spacial score (nSPS) is 16.7. The molecule has 0 amide bonds. The minimum atomic E-state index is -0.764. The molecule has 0 bridgehead atoms. The van der Waals surface area contributed by atoms with E-state index in [1.165, 1.54) is 18.9 Å². The molecule has 2 rings (SSSR count). The smallest absolute Gasteiger partial charge is 0.131 e. The zero-order valence-electron chi connectivity index (χ0n) is 11.2. The maximum absolute atomic E-state index is 13.9. The van der Waals surface area contributed by atoms with Crippen LogP contribution in [0.15, 0.2) is 18.2 Å². The third-order valence-electron chi connectivity index (χ3n) is 3.46. The lowest BCUT2D eigenvalue weighted by Gasteiger charge is -2.28. The van der Waals surface area contributed by atoms with E-state index in [4.69, 9.17) is 0 Å². The molecule has 0 saturated heterocycles. The molecule has 1 aliphatic rings. The molecule has 1 atom stereocenters. The molecule has 0 radical (unpaired) electrons. The van der Waals surface area contributed by atoms with E-state index in [-0.39, 0.29) is 5.82 Å². The van der Waals surface area contributed by atoms with Crippen LogP contribution in [0.5, 0.6) is 0 Å². The number of hydrogen-bond donors (Lipinski definition) is 1. The molecule has 0 unspecified atom stereocenters. The highest BCUT2D eigenvalue weighted by molar-refractivity contribution is 5.55. The number of anilines is 1. The molecule has 2 nitrogen and oxygen atoms in total. The van der Waals surface area contributed by atoms with Crippen LogP contribution in [0.1, 0.15) is 44.8 Å². The van der Waals surface area contributed by atoms with Crippen LogP contribution < -0.4 is 4.90 Å². The van der Waals surface area contributed by atoms with Gasteiger partial charge in [0.1, 0.15) is 5.82 Å². The maximum Gasteiger partial charge on any atom is 0.131 e. The first-order chi connectivity index (χ1) is 8.63. The van der Waals surface area contributed by atoms with Crippen LogP contribution in [-0.2, 0) is 0 Å². The van der Waals surface area contributed by atoms with Gasteiger partial charge >= 0.3 is 0 Å². The summed E-state index contributed by atoms with van der Waals surface area (Å²) >= 11 is 0. The minimum Gasteiger partial charge on any atom is -0.389 e. The quantitative estimate of drug-likeness (QED) is 0.836. The van der Waals surface area contributed by atoms with Gasteiger partial charge in [0.15, 0.2) is 0 Å². The lowest BCUT2D eigenvalue weighted by molar-refractivity contribution is 0.194. The number of rotatable bonds is 6. The number of aliphatic hydroxyl groups is 1. The van der Waals surface area contributed by atoms with Crippen molar-refractivity contribution in [2.75, 3.05) is 18.0 Å². The zero-order valence-corrected chi connectivity index (χ0v) is 11.2. The Morgan fingerprint density at radius 2 is 2.17 bits per heavy atom. The van der Waals surface area contributed by atoms with Crippen LogP contribution in [0.3, 0.4) is 0 Å². The van der Waals surface area contributed by atoms with Crippen LogP contribution in [0.25, 0.3) is 0 Å². The number of benzene rings is 1. The van der Waals surface area contributed by atoms with Gasteiger partial charge in [-0.05, 0) is 44.2 Å². The summed E-state index contributed by atoms with van der Waals surface area (Å²) in [5, 5.41) is 9.79. The van der Waals surface area contributed by atoms with Crippen LogP contribution in [0.2, 0.25) is 0 Å². The summed E-state index contributed by atoms with van der Waals surface area (Å²) in [5.41, 5.74) is 1.30. The SMILES string of the molecule is CCCN(CC1CC1)c1cccc(F)c1[C@@H](C)O. The first kappa shape index (κ1) is 13.3. The van der Waals surface area contributed by atoms with Gasteiger partial charge in [-0.3, -0.25) is 0 Å². The fourth-order valence-corrected chi connectivity index (χ4v) is 2.41. The molecule has 1 aromatic carbocycles. The molecule has 1 fully saturated rings. The predicted molar refractivity (Wildman–Crippen MR) is 72.3 cm³/mol. The second-order valence-electron chi connectivity index (χ2n) is 5.24. The highest BCUT2D eigenvalue weighted by Gasteiger charge is 2.26. The van der Waals surface area contributed by atoms with E-state index < -0.39 is 6.10 Å². The van der Waals surface area contributed by atoms with Crippen molar-refractivity contribution in [1.29, 1.82) is 0 Å². The van der Waals surface area contributed by atoms with Crippen molar-refractivity contribution in [2.24, 2.45) is 5.92 Å². The van der Waals surface area contributed by atoms with Gasteiger partial charge in [0, 0.05) is 24.3 Å². The summed E-state index contributed by atoms with van der Waals surface area (Å²) in [6.07, 6.45) is 2.82. The molecule has 1 aliphatic carbocycles. The lowest BCUT2D eigenvalue weighted by atomic mass is 10.1. The van der Waals surface area contributed by atoms with Crippen molar-refractivity contribution in [2.45, 2.75) is 39.2 Å². The largest absolute Gasteiger partial charge is 0.389 e. The third kappa shape index (κ3) is 3.02. The Labute approximate surface area is 108 Å². The van der Waals surface area contributed by atoms with Crippen molar-refractivity contribution in [1.82, 2.24) is 0 Å². The summed E-state index contributed by atoms with van der Waals surface area (Å²) in [6, 6.07) is 5.07. The fourth-order valence-electron chi connectivity index (χ4n) is 2.41. The van der Waals surface area contributed by atoms with Crippen LogP contribution in [-0.4, -0.2) is 18.2 Å². The summed E-state index contributed by atoms with van der Waals surface area (Å²) in [4.78, 5) is 2.22.